The van der Waals surface area contributed by atoms with Gasteiger partial charge in [0.1, 0.15) is 0 Å². The highest BCUT2D eigenvalue weighted by atomic mass is 16.5. The summed E-state index contributed by atoms with van der Waals surface area (Å²) in [5.41, 5.74) is -0.151. The third-order valence-corrected chi connectivity index (χ3v) is 3.56. The molecule has 16 heavy (non-hydrogen) atoms. The first-order chi connectivity index (χ1) is 7.66. The molecule has 1 heterocycles. The maximum absolute atomic E-state index is 12.3. The number of methoxy groups -OCH3 is 1. The van der Waals surface area contributed by atoms with E-state index < -0.39 is 0 Å². The Hall–Kier alpha value is -0.610. The van der Waals surface area contributed by atoms with Gasteiger partial charge in [-0.25, -0.2) is 0 Å². The summed E-state index contributed by atoms with van der Waals surface area (Å²) in [5.74, 6) is 0.288. The molecule has 1 amide bonds. The number of amides is 1. The molecular formula is C12H24N2O2. The van der Waals surface area contributed by atoms with Crippen LogP contribution in [-0.2, 0) is 9.53 Å². The van der Waals surface area contributed by atoms with Crippen LogP contribution in [0.2, 0.25) is 0 Å². The highest BCUT2D eigenvalue weighted by molar-refractivity contribution is 5.83. The number of hydrogen-bond donors (Lipinski definition) is 1. The number of nitrogens with zero attached hydrogens (tertiary/aromatic N) is 1. The Labute approximate surface area is 98.3 Å². The molecule has 0 aliphatic carbocycles. The fourth-order valence-electron chi connectivity index (χ4n) is 2.33. The lowest BCUT2D eigenvalue weighted by Crippen LogP contribution is -2.43. The molecule has 0 aromatic heterocycles. The summed E-state index contributed by atoms with van der Waals surface area (Å²) < 4.78 is 5.00. The maximum atomic E-state index is 12.3. The van der Waals surface area contributed by atoms with E-state index in [4.69, 9.17) is 4.74 Å². The standard InChI is InChI=1S/C12H24N2O2/c1-4-12(6-7-13-10-12)11(15)14(2)8-5-9-16-3/h13H,4-10H2,1-3H3. The molecule has 0 radical (unpaired) electrons. The summed E-state index contributed by atoms with van der Waals surface area (Å²) in [6.07, 6.45) is 2.80. The van der Waals surface area contributed by atoms with E-state index in [1.807, 2.05) is 11.9 Å². The zero-order valence-electron chi connectivity index (χ0n) is 10.7. The van der Waals surface area contributed by atoms with E-state index in [0.29, 0.717) is 0 Å². The Morgan fingerprint density at radius 1 is 1.56 bits per heavy atom. The van der Waals surface area contributed by atoms with Crippen LogP contribution in [0.4, 0.5) is 0 Å². The Balaban J connectivity index is 2.47. The third kappa shape index (κ3) is 2.95. The van der Waals surface area contributed by atoms with Crippen molar-refractivity contribution in [2.75, 3.05) is 40.4 Å². The third-order valence-electron chi connectivity index (χ3n) is 3.56. The number of carbonyl (C=O) groups is 1. The Morgan fingerprint density at radius 2 is 2.31 bits per heavy atom. The van der Waals surface area contributed by atoms with Crippen molar-refractivity contribution in [1.29, 1.82) is 0 Å². The van der Waals surface area contributed by atoms with Gasteiger partial charge in [0.05, 0.1) is 5.41 Å². The van der Waals surface area contributed by atoms with Crippen LogP contribution in [0.5, 0.6) is 0 Å². The molecule has 1 rings (SSSR count). The number of ether oxygens (including phenoxy) is 1. The van der Waals surface area contributed by atoms with Crippen LogP contribution >= 0.6 is 0 Å². The SMILES string of the molecule is CCC1(C(=O)N(C)CCCOC)CCNC1. The Kier molecular flexibility index (Phi) is 5.22. The monoisotopic (exact) mass is 228 g/mol. The van der Waals surface area contributed by atoms with Crippen LogP contribution in [0.25, 0.3) is 0 Å². The van der Waals surface area contributed by atoms with Crippen molar-refractivity contribution in [2.24, 2.45) is 5.41 Å². The second kappa shape index (κ2) is 6.21. The Morgan fingerprint density at radius 3 is 2.81 bits per heavy atom. The lowest BCUT2D eigenvalue weighted by atomic mass is 9.83. The minimum atomic E-state index is -0.151. The molecule has 0 aromatic carbocycles. The lowest BCUT2D eigenvalue weighted by Gasteiger charge is -2.30. The molecule has 4 heteroatoms. The van der Waals surface area contributed by atoms with Gasteiger partial charge in [0, 0.05) is 33.9 Å². The van der Waals surface area contributed by atoms with Crippen LogP contribution in [0.3, 0.4) is 0 Å². The minimum Gasteiger partial charge on any atom is -0.385 e. The quantitative estimate of drug-likeness (QED) is 0.686. The summed E-state index contributed by atoms with van der Waals surface area (Å²) in [7, 11) is 3.59. The van der Waals surface area contributed by atoms with Gasteiger partial charge in [0.25, 0.3) is 0 Å². The molecule has 1 aliphatic rings. The van der Waals surface area contributed by atoms with Gasteiger partial charge in [-0.2, -0.15) is 0 Å². The van der Waals surface area contributed by atoms with Crippen molar-refractivity contribution in [1.82, 2.24) is 10.2 Å². The Bertz CT molecular complexity index is 225. The number of carbonyl (C=O) groups excluding carboxylic acids is 1. The zero-order chi connectivity index (χ0) is 12.0. The van der Waals surface area contributed by atoms with Crippen LogP contribution in [0.15, 0.2) is 0 Å². The first-order valence-electron chi connectivity index (χ1n) is 6.11. The second-order valence-electron chi connectivity index (χ2n) is 4.63. The van der Waals surface area contributed by atoms with Gasteiger partial charge in [-0.15, -0.1) is 0 Å². The first kappa shape index (κ1) is 13.5. The van der Waals surface area contributed by atoms with E-state index in [1.54, 1.807) is 7.11 Å². The van der Waals surface area contributed by atoms with Crippen LogP contribution in [0, 0.1) is 5.41 Å². The van der Waals surface area contributed by atoms with Crippen molar-refractivity contribution >= 4 is 5.91 Å². The molecule has 0 bridgehead atoms. The molecule has 0 spiro atoms. The van der Waals surface area contributed by atoms with Gasteiger partial charge >= 0.3 is 0 Å². The van der Waals surface area contributed by atoms with Crippen molar-refractivity contribution in [3.8, 4) is 0 Å². The fourth-order valence-corrected chi connectivity index (χ4v) is 2.33. The van der Waals surface area contributed by atoms with Gasteiger partial charge in [0.15, 0.2) is 0 Å². The maximum Gasteiger partial charge on any atom is 0.229 e. The fraction of sp³-hybridized carbons (Fsp3) is 0.917. The lowest BCUT2D eigenvalue weighted by molar-refractivity contribution is -0.140. The molecule has 4 nitrogen and oxygen atoms in total. The number of rotatable bonds is 6. The summed E-state index contributed by atoms with van der Waals surface area (Å²) in [5, 5.41) is 3.29. The van der Waals surface area contributed by atoms with Gasteiger partial charge in [0.2, 0.25) is 5.91 Å². The smallest absolute Gasteiger partial charge is 0.229 e. The van der Waals surface area contributed by atoms with E-state index in [1.165, 1.54) is 0 Å². The number of nitrogens with one attached hydrogen (secondary N) is 1. The van der Waals surface area contributed by atoms with Crippen molar-refractivity contribution in [3.63, 3.8) is 0 Å². The van der Waals surface area contributed by atoms with Crippen LogP contribution in [-0.4, -0.2) is 51.2 Å². The molecule has 1 N–H and O–H groups in total. The molecule has 1 atom stereocenters. The molecule has 1 aliphatic heterocycles. The van der Waals surface area contributed by atoms with Gasteiger partial charge < -0.3 is 15.0 Å². The molecule has 94 valence electrons. The highest BCUT2D eigenvalue weighted by Crippen LogP contribution is 2.31. The summed E-state index contributed by atoms with van der Waals surface area (Å²) in [6.45, 7) is 5.40. The minimum absolute atomic E-state index is 0.151. The molecule has 1 fully saturated rings. The van der Waals surface area contributed by atoms with Crippen LogP contribution in [0.1, 0.15) is 26.2 Å². The summed E-state index contributed by atoms with van der Waals surface area (Å²) in [6, 6.07) is 0. The van der Waals surface area contributed by atoms with Gasteiger partial charge in [-0.1, -0.05) is 6.92 Å². The summed E-state index contributed by atoms with van der Waals surface area (Å²) in [4.78, 5) is 14.2. The van der Waals surface area contributed by atoms with Crippen molar-refractivity contribution in [2.45, 2.75) is 26.2 Å². The predicted octanol–water partition coefficient (Wildman–Crippen LogP) is 0.871. The van der Waals surface area contributed by atoms with Gasteiger partial charge in [-0.05, 0) is 25.8 Å². The summed E-state index contributed by atoms with van der Waals surface area (Å²) >= 11 is 0. The second-order valence-corrected chi connectivity index (χ2v) is 4.63. The normalized spacial score (nSPS) is 24.7. The molecule has 1 unspecified atom stereocenters. The molecular weight excluding hydrogens is 204 g/mol. The predicted molar refractivity (Wildman–Crippen MR) is 64.3 cm³/mol. The van der Waals surface area contributed by atoms with Crippen molar-refractivity contribution in [3.05, 3.63) is 0 Å². The molecule has 1 saturated heterocycles. The largest absolute Gasteiger partial charge is 0.385 e. The van der Waals surface area contributed by atoms with Gasteiger partial charge in [-0.3, -0.25) is 4.79 Å². The van der Waals surface area contributed by atoms with E-state index >= 15 is 0 Å². The first-order valence-corrected chi connectivity index (χ1v) is 6.11. The molecule has 0 aromatic rings. The average molecular weight is 228 g/mol. The zero-order valence-corrected chi connectivity index (χ0v) is 10.7. The van der Waals surface area contributed by atoms with E-state index in [2.05, 4.69) is 12.2 Å². The van der Waals surface area contributed by atoms with E-state index in [-0.39, 0.29) is 11.3 Å². The van der Waals surface area contributed by atoms with E-state index in [0.717, 1.165) is 45.5 Å². The topological polar surface area (TPSA) is 41.6 Å². The van der Waals surface area contributed by atoms with E-state index in [9.17, 15) is 4.79 Å². The van der Waals surface area contributed by atoms with Crippen molar-refractivity contribution < 1.29 is 9.53 Å². The van der Waals surface area contributed by atoms with Crippen LogP contribution < -0.4 is 5.32 Å². The average Bonchev–Trinajstić information content (AvgIpc) is 2.78. The highest BCUT2D eigenvalue weighted by Gasteiger charge is 2.40. The number of hydrogen-bond acceptors (Lipinski definition) is 3. The molecule has 0 saturated carbocycles.